The van der Waals surface area contributed by atoms with E-state index < -0.39 is 0 Å². The molecular formula is C16H32N2. The van der Waals surface area contributed by atoms with Gasteiger partial charge in [0.25, 0.3) is 0 Å². The molecule has 0 aromatic carbocycles. The van der Waals surface area contributed by atoms with Gasteiger partial charge in [-0.05, 0) is 56.5 Å². The Kier molecular flexibility index (Phi) is 5.08. The topological polar surface area (TPSA) is 15.3 Å². The Morgan fingerprint density at radius 2 is 1.78 bits per heavy atom. The van der Waals surface area contributed by atoms with Gasteiger partial charge in [-0.25, -0.2) is 0 Å². The van der Waals surface area contributed by atoms with Crippen molar-refractivity contribution in [2.24, 2.45) is 17.8 Å². The molecule has 5 unspecified atom stereocenters. The smallest absolute Gasteiger partial charge is 0.0117 e. The lowest BCUT2D eigenvalue weighted by Gasteiger charge is -2.45. The van der Waals surface area contributed by atoms with E-state index in [1.54, 1.807) is 0 Å². The van der Waals surface area contributed by atoms with Gasteiger partial charge >= 0.3 is 0 Å². The predicted octanol–water partition coefficient (Wildman–Crippen LogP) is 3.13. The SMILES string of the molecule is CCNC1CCN(C2CCC(C)C(C)C2)CC1C. The van der Waals surface area contributed by atoms with Crippen molar-refractivity contribution >= 4 is 0 Å². The van der Waals surface area contributed by atoms with Crippen LogP contribution < -0.4 is 5.32 Å². The van der Waals surface area contributed by atoms with E-state index in [1.165, 1.54) is 38.8 Å². The van der Waals surface area contributed by atoms with Gasteiger partial charge < -0.3 is 5.32 Å². The van der Waals surface area contributed by atoms with Crippen molar-refractivity contribution in [1.29, 1.82) is 0 Å². The lowest BCUT2D eigenvalue weighted by atomic mass is 9.77. The number of piperidine rings is 1. The number of rotatable bonds is 3. The van der Waals surface area contributed by atoms with Crippen molar-refractivity contribution in [3.05, 3.63) is 0 Å². The third kappa shape index (κ3) is 3.27. The molecule has 2 nitrogen and oxygen atoms in total. The second kappa shape index (κ2) is 6.38. The van der Waals surface area contributed by atoms with Gasteiger partial charge in [0.05, 0.1) is 0 Å². The van der Waals surface area contributed by atoms with Crippen molar-refractivity contribution in [2.45, 2.75) is 65.5 Å². The summed E-state index contributed by atoms with van der Waals surface area (Å²) in [4.78, 5) is 2.79. The molecule has 2 heteroatoms. The summed E-state index contributed by atoms with van der Waals surface area (Å²) >= 11 is 0. The first kappa shape index (κ1) is 14.3. The van der Waals surface area contributed by atoms with E-state index in [0.717, 1.165) is 36.4 Å². The van der Waals surface area contributed by atoms with E-state index in [2.05, 4.69) is 37.9 Å². The Morgan fingerprint density at radius 3 is 2.39 bits per heavy atom. The zero-order valence-corrected chi connectivity index (χ0v) is 12.8. The van der Waals surface area contributed by atoms with Crippen LogP contribution >= 0.6 is 0 Å². The van der Waals surface area contributed by atoms with Crippen molar-refractivity contribution < 1.29 is 0 Å². The second-order valence-electron chi connectivity index (χ2n) is 6.85. The van der Waals surface area contributed by atoms with Crippen LogP contribution in [-0.4, -0.2) is 36.6 Å². The van der Waals surface area contributed by atoms with Gasteiger partial charge in [0.15, 0.2) is 0 Å². The van der Waals surface area contributed by atoms with E-state index in [-0.39, 0.29) is 0 Å². The normalized spacial score (nSPS) is 43.0. The predicted molar refractivity (Wildman–Crippen MR) is 78.8 cm³/mol. The highest BCUT2D eigenvalue weighted by Crippen LogP contribution is 2.33. The quantitative estimate of drug-likeness (QED) is 0.830. The van der Waals surface area contributed by atoms with Crippen LogP contribution in [0.1, 0.15) is 53.4 Å². The molecule has 1 saturated heterocycles. The summed E-state index contributed by atoms with van der Waals surface area (Å²) in [7, 11) is 0. The van der Waals surface area contributed by atoms with E-state index in [1.807, 2.05) is 0 Å². The first-order valence-electron chi connectivity index (χ1n) is 8.09. The van der Waals surface area contributed by atoms with Crippen molar-refractivity contribution in [3.63, 3.8) is 0 Å². The van der Waals surface area contributed by atoms with Crippen molar-refractivity contribution in [1.82, 2.24) is 10.2 Å². The minimum Gasteiger partial charge on any atom is -0.314 e. The molecule has 106 valence electrons. The van der Waals surface area contributed by atoms with Gasteiger partial charge in [-0.2, -0.15) is 0 Å². The van der Waals surface area contributed by atoms with Crippen LogP contribution in [0, 0.1) is 17.8 Å². The molecular weight excluding hydrogens is 220 g/mol. The van der Waals surface area contributed by atoms with Crippen LogP contribution in [0.2, 0.25) is 0 Å². The first-order valence-corrected chi connectivity index (χ1v) is 8.09. The minimum absolute atomic E-state index is 0.756. The Hall–Kier alpha value is -0.0800. The minimum atomic E-state index is 0.756. The molecule has 0 radical (unpaired) electrons. The van der Waals surface area contributed by atoms with Crippen molar-refractivity contribution in [2.75, 3.05) is 19.6 Å². The molecule has 18 heavy (non-hydrogen) atoms. The molecule has 0 aromatic heterocycles. The van der Waals surface area contributed by atoms with E-state index in [4.69, 9.17) is 0 Å². The molecule has 0 spiro atoms. The Labute approximate surface area is 114 Å². The number of hydrogen-bond donors (Lipinski definition) is 1. The van der Waals surface area contributed by atoms with Crippen LogP contribution in [0.15, 0.2) is 0 Å². The third-order valence-corrected chi connectivity index (χ3v) is 5.49. The van der Waals surface area contributed by atoms with E-state index in [9.17, 15) is 0 Å². The molecule has 1 saturated carbocycles. The molecule has 1 N–H and O–H groups in total. The van der Waals surface area contributed by atoms with Crippen LogP contribution in [0.4, 0.5) is 0 Å². The van der Waals surface area contributed by atoms with Gasteiger partial charge in [0, 0.05) is 18.6 Å². The zero-order chi connectivity index (χ0) is 13.1. The first-order chi connectivity index (χ1) is 8.61. The second-order valence-corrected chi connectivity index (χ2v) is 6.85. The van der Waals surface area contributed by atoms with Gasteiger partial charge in [0.2, 0.25) is 0 Å². The fraction of sp³-hybridized carbons (Fsp3) is 1.00. The summed E-state index contributed by atoms with van der Waals surface area (Å²) in [5, 5.41) is 3.65. The fourth-order valence-corrected chi connectivity index (χ4v) is 3.93. The Bertz CT molecular complexity index is 253. The summed E-state index contributed by atoms with van der Waals surface area (Å²) in [5.74, 6) is 2.68. The van der Waals surface area contributed by atoms with Crippen LogP contribution in [0.3, 0.4) is 0 Å². The van der Waals surface area contributed by atoms with Gasteiger partial charge in [-0.3, -0.25) is 4.90 Å². The van der Waals surface area contributed by atoms with Gasteiger partial charge in [-0.15, -0.1) is 0 Å². The molecule has 2 aliphatic rings. The standard InChI is InChI=1S/C16H32N2/c1-5-17-16-8-9-18(11-14(16)4)15-7-6-12(2)13(3)10-15/h12-17H,5-11H2,1-4H3. The number of nitrogens with one attached hydrogen (secondary N) is 1. The van der Waals surface area contributed by atoms with Gasteiger partial charge in [0.1, 0.15) is 0 Å². The largest absolute Gasteiger partial charge is 0.314 e. The summed E-state index contributed by atoms with van der Waals surface area (Å²) in [5.41, 5.74) is 0. The molecule has 1 heterocycles. The van der Waals surface area contributed by atoms with Crippen LogP contribution in [0.5, 0.6) is 0 Å². The molecule has 0 aromatic rings. The van der Waals surface area contributed by atoms with Crippen LogP contribution in [-0.2, 0) is 0 Å². The number of nitrogens with zero attached hydrogens (tertiary/aromatic N) is 1. The van der Waals surface area contributed by atoms with Crippen LogP contribution in [0.25, 0.3) is 0 Å². The molecule has 0 amide bonds. The fourth-order valence-electron chi connectivity index (χ4n) is 3.93. The zero-order valence-electron chi connectivity index (χ0n) is 12.8. The average Bonchev–Trinajstić information content (AvgIpc) is 2.35. The molecule has 2 fully saturated rings. The number of hydrogen-bond acceptors (Lipinski definition) is 2. The Morgan fingerprint density at radius 1 is 1.00 bits per heavy atom. The van der Waals surface area contributed by atoms with E-state index in [0.29, 0.717) is 0 Å². The summed E-state index contributed by atoms with van der Waals surface area (Å²) < 4.78 is 0. The molecule has 0 bridgehead atoms. The summed E-state index contributed by atoms with van der Waals surface area (Å²) in [6.45, 7) is 13.3. The highest BCUT2D eigenvalue weighted by molar-refractivity contribution is 4.88. The van der Waals surface area contributed by atoms with Gasteiger partial charge in [-0.1, -0.05) is 27.7 Å². The maximum atomic E-state index is 3.65. The lowest BCUT2D eigenvalue weighted by molar-refractivity contribution is 0.0595. The molecule has 5 atom stereocenters. The molecule has 1 aliphatic heterocycles. The third-order valence-electron chi connectivity index (χ3n) is 5.49. The maximum Gasteiger partial charge on any atom is 0.0117 e. The molecule has 2 rings (SSSR count). The highest BCUT2D eigenvalue weighted by atomic mass is 15.2. The monoisotopic (exact) mass is 252 g/mol. The highest BCUT2D eigenvalue weighted by Gasteiger charge is 2.33. The summed E-state index contributed by atoms with van der Waals surface area (Å²) in [6, 6.07) is 1.63. The van der Waals surface area contributed by atoms with E-state index >= 15 is 0 Å². The number of likely N-dealkylation sites (tertiary alicyclic amines) is 1. The lowest BCUT2D eigenvalue weighted by Crippen LogP contribution is -2.52. The Balaban J connectivity index is 1.84. The van der Waals surface area contributed by atoms with Crippen molar-refractivity contribution in [3.8, 4) is 0 Å². The summed E-state index contributed by atoms with van der Waals surface area (Å²) in [6.07, 6.45) is 5.65. The molecule has 1 aliphatic carbocycles. The maximum absolute atomic E-state index is 3.65. The average molecular weight is 252 g/mol.